The SMILES string of the molecule is CC(O)c1cc2c(o1)CNCC2. The van der Waals surface area contributed by atoms with E-state index < -0.39 is 6.10 Å². The highest BCUT2D eigenvalue weighted by Crippen LogP contribution is 2.22. The van der Waals surface area contributed by atoms with E-state index >= 15 is 0 Å². The second-order valence-electron chi connectivity index (χ2n) is 3.20. The van der Waals surface area contributed by atoms with E-state index in [0.29, 0.717) is 5.76 Å². The van der Waals surface area contributed by atoms with E-state index in [0.717, 1.165) is 25.3 Å². The van der Waals surface area contributed by atoms with Crippen LogP contribution in [0.3, 0.4) is 0 Å². The molecule has 2 rings (SSSR count). The summed E-state index contributed by atoms with van der Waals surface area (Å²) in [6, 6.07) is 1.96. The molecule has 0 aromatic carbocycles. The van der Waals surface area contributed by atoms with Crippen molar-refractivity contribution in [3.8, 4) is 0 Å². The van der Waals surface area contributed by atoms with Gasteiger partial charge in [0, 0.05) is 0 Å². The summed E-state index contributed by atoms with van der Waals surface area (Å²) >= 11 is 0. The normalized spacial score (nSPS) is 18.8. The first-order valence-corrected chi connectivity index (χ1v) is 4.27. The molecule has 0 spiro atoms. The molecule has 3 heteroatoms. The number of aliphatic hydroxyl groups is 1. The van der Waals surface area contributed by atoms with Gasteiger partial charge in [0.15, 0.2) is 0 Å². The summed E-state index contributed by atoms with van der Waals surface area (Å²) in [5.41, 5.74) is 1.24. The van der Waals surface area contributed by atoms with Crippen molar-refractivity contribution >= 4 is 0 Å². The van der Waals surface area contributed by atoms with Crippen molar-refractivity contribution in [3.63, 3.8) is 0 Å². The van der Waals surface area contributed by atoms with Gasteiger partial charge in [0.25, 0.3) is 0 Å². The van der Waals surface area contributed by atoms with Crippen molar-refractivity contribution in [2.24, 2.45) is 0 Å². The molecule has 2 N–H and O–H groups in total. The van der Waals surface area contributed by atoms with Gasteiger partial charge in [-0.2, -0.15) is 0 Å². The molecule has 0 saturated heterocycles. The van der Waals surface area contributed by atoms with Gasteiger partial charge in [-0.25, -0.2) is 0 Å². The summed E-state index contributed by atoms with van der Waals surface area (Å²) < 4.78 is 5.46. The lowest BCUT2D eigenvalue weighted by Gasteiger charge is -2.09. The maximum absolute atomic E-state index is 9.26. The Morgan fingerprint density at radius 1 is 1.67 bits per heavy atom. The molecule has 0 fully saturated rings. The minimum absolute atomic E-state index is 0.490. The Hall–Kier alpha value is -0.800. The number of furan rings is 1. The first-order valence-electron chi connectivity index (χ1n) is 4.27. The second-order valence-corrected chi connectivity index (χ2v) is 3.20. The Bertz CT molecular complexity index is 255. The van der Waals surface area contributed by atoms with E-state index in [1.807, 2.05) is 6.07 Å². The van der Waals surface area contributed by atoms with E-state index in [9.17, 15) is 5.11 Å². The van der Waals surface area contributed by atoms with Crippen molar-refractivity contribution in [2.75, 3.05) is 6.54 Å². The van der Waals surface area contributed by atoms with Crippen LogP contribution in [-0.2, 0) is 13.0 Å². The molecule has 0 amide bonds. The zero-order valence-corrected chi connectivity index (χ0v) is 7.13. The molecule has 0 bridgehead atoms. The molecule has 12 heavy (non-hydrogen) atoms. The molecule has 1 aliphatic rings. The molecule has 3 nitrogen and oxygen atoms in total. The van der Waals surface area contributed by atoms with Crippen molar-refractivity contribution in [3.05, 3.63) is 23.2 Å². The molecular weight excluding hydrogens is 154 g/mol. The van der Waals surface area contributed by atoms with Gasteiger partial charge >= 0.3 is 0 Å². The molecule has 0 radical (unpaired) electrons. The van der Waals surface area contributed by atoms with Gasteiger partial charge < -0.3 is 14.8 Å². The van der Waals surface area contributed by atoms with Gasteiger partial charge in [-0.1, -0.05) is 0 Å². The van der Waals surface area contributed by atoms with Crippen LogP contribution in [0.5, 0.6) is 0 Å². The van der Waals surface area contributed by atoms with Crippen LogP contribution in [-0.4, -0.2) is 11.7 Å². The minimum atomic E-state index is -0.490. The van der Waals surface area contributed by atoms with E-state index in [1.165, 1.54) is 5.56 Å². The fourth-order valence-corrected chi connectivity index (χ4v) is 1.48. The zero-order chi connectivity index (χ0) is 8.55. The lowest BCUT2D eigenvalue weighted by atomic mass is 10.1. The third kappa shape index (κ3) is 1.26. The monoisotopic (exact) mass is 167 g/mol. The van der Waals surface area contributed by atoms with E-state index in [-0.39, 0.29) is 0 Å². The Labute approximate surface area is 71.4 Å². The summed E-state index contributed by atoms with van der Waals surface area (Å²) in [7, 11) is 0. The molecular formula is C9H13NO2. The molecule has 66 valence electrons. The third-order valence-electron chi connectivity index (χ3n) is 2.18. The first kappa shape index (κ1) is 7.83. The number of hydrogen-bond donors (Lipinski definition) is 2. The summed E-state index contributed by atoms with van der Waals surface area (Å²) in [4.78, 5) is 0. The van der Waals surface area contributed by atoms with E-state index in [1.54, 1.807) is 6.92 Å². The highest BCUT2D eigenvalue weighted by Gasteiger charge is 2.16. The van der Waals surface area contributed by atoms with E-state index in [2.05, 4.69) is 5.32 Å². The first-order chi connectivity index (χ1) is 5.77. The second kappa shape index (κ2) is 2.92. The van der Waals surface area contributed by atoms with Crippen LogP contribution in [0.4, 0.5) is 0 Å². The number of hydrogen-bond acceptors (Lipinski definition) is 3. The summed E-state index contributed by atoms with van der Waals surface area (Å²) in [6.07, 6.45) is 0.515. The van der Waals surface area contributed by atoms with Crippen molar-refractivity contribution in [1.82, 2.24) is 5.32 Å². The van der Waals surface area contributed by atoms with Crippen molar-refractivity contribution in [1.29, 1.82) is 0 Å². The molecule has 2 heterocycles. The van der Waals surface area contributed by atoms with Crippen LogP contribution in [0, 0.1) is 0 Å². The Morgan fingerprint density at radius 2 is 2.50 bits per heavy atom. The average Bonchev–Trinajstić information content (AvgIpc) is 2.46. The van der Waals surface area contributed by atoms with Crippen LogP contribution in [0.25, 0.3) is 0 Å². The fraction of sp³-hybridized carbons (Fsp3) is 0.556. The highest BCUT2D eigenvalue weighted by molar-refractivity contribution is 5.24. The summed E-state index contributed by atoms with van der Waals surface area (Å²) in [5, 5.41) is 12.5. The number of fused-ring (bicyclic) bond motifs is 1. The van der Waals surface area contributed by atoms with Gasteiger partial charge in [0.2, 0.25) is 0 Å². The number of nitrogens with one attached hydrogen (secondary N) is 1. The lowest BCUT2D eigenvalue weighted by Crippen LogP contribution is -2.22. The molecule has 0 saturated carbocycles. The Kier molecular flexibility index (Phi) is 1.90. The van der Waals surface area contributed by atoms with Crippen molar-refractivity contribution in [2.45, 2.75) is 26.0 Å². The van der Waals surface area contributed by atoms with Gasteiger partial charge in [-0.15, -0.1) is 0 Å². The average molecular weight is 167 g/mol. The summed E-state index contributed by atoms with van der Waals surface area (Å²) in [6.45, 7) is 3.52. The maximum atomic E-state index is 9.26. The number of rotatable bonds is 1. The molecule has 1 aromatic rings. The predicted molar refractivity (Wildman–Crippen MR) is 44.8 cm³/mol. The Morgan fingerprint density at radius 3 is 3.17 bits per heavy atom. The van der Waals surface area contributed by atoms with Gasteiger partial charge in [-0.3, -0.25) is 0 Å². The van der Waals surface area contributed by atoms with Crippen LogP contribution >= 0.6 is 0 Å². The van der Waals surface area contributed by atoms with Crippen LogP contribution < -0.4 is 5.32 Å². The Balaban J connectivity index is 2.32. The zero-order valence-electron chi connectivity index (χ0n) is 7.13. The topological polar surface area (TPSA) is 45.4 Å². The standard InChI is InChI=1S/C9H13NO2/c1-6(11)8-4-7-2-3-10-5-9(7)12-8/h4,6,10-11H,2-3,5H2,1H3. The molecule has 1 atom stereocenters. The number of aliphatic hydroxyl groups excluding tert-OH is 1. The van der Waals surface area contributed by atoms with Crippen molar-refractivity contribution < 1.29 is 9.52 Å². The smallest absolute Gasteiger partial charge is 0.132 e. The summed E-state index contributed by atoms with van der Waals surface area (Å²) in [5.74, 6) is 1.67. The van der Waals surface area contributed by atoms with Crippen LogP contribution in [0.2, 0.25) is 0 Å². The fourth-order valence-electron chi connectivity index (χ4n) is 1.48. The molecule has 0 aliphatic carbocycles. The largest absolute Gasteiger partial charge is 0.462 e. The third-order valence-corrected chi connectivity index (χ3v) is 2.18. The molecule has 1 aliphatic heterocycles. The van der Waals surface area contributed by atoms with Gasteiger partial charge in [0.1, 0.15) is 17.6 Å². The predicted octanol–water partition coefficient (Wildman–Crippen LogP) is 0.979. The van der Waals surface area contributed by atoms with E-state index in [4.69, 9.17) is 4.42 Å². The highest BCUT2D eigenvalue weighted by atomic mass is 16.4. The molecule has 1 unspecified atom stereocenters. The minimum Gasteiger partial charge on any atom is -0.462 e. The van der Waals surface area contributed by atoms with Crippen LogP contribution in [0.15, 0.2) is 10.5 Å². The quantitative estimate of drug-likeness (QED) is 0.655. The maximum Gasteiger partial charge on any atom is 0.132 e. The lowest BCUT2D eigenvalue weighted by molar-refractivity contribution is 0.166. The van der Waals surface area contributed by atoms with Gasteiger partial charge in [-0.05, 0) is 31.5 Å². The molecule has 1 aromatic heterocycles. The van der Waals surface area contributed by atoms with Gasteiger partial charge in [0.05, 0.1) is 6.54 Å². The van der Waals surface area contributed by atoms with Crippen LogP contribution in [0.1, 0.15) is 30.1 Å².